The van der Waals surface area contributed by atoms with Crippen molar-refractivity contribution in [1.29, 1.82) is 5.26 Å². The van der Waals surface area contributed by atoms with Gasteiger partial charge in [-0.25, -0.2) is 0 Å². The van der Waals surface area contributed by atoms with Crippen LogP contribution in [0.4, 0.5) is 0 Å². The van der Waals surface area contributed by atoms with Crippen molar-refractivity contribution in [1.82, 2.24) is 10.6 Å². The molecule has 0 fully saturated rings. The van der Waals surface area contributed by atoms with E-state index in [4.69, 9.17) is 5.26 Å². The number of amides is 1. The number of rotatable bonds is 8. The summed E-state index contributed by atoms with van der Waals surface area (Å²) in [5.74, 6) is -0.0510. The molecule has 4 nitrogen and oxygen atoms in total. The molecular formula is C14H19N3O. The standard InChI is InChI=1S/C14H19N3O/c15-9-5-11-17-14(18)12-16-10-4-8-13-6-2-1-3-7-13/h1-3,6-7,16H,4-5,8,10-12H2,(H,17,18). The Morgan fingerprint density at radius 3 is 2.72 bits per heavy atom. The average Bonchev–Trinajstić information content (AvgIpc) is 2.40. The third-order valence-corrected chi connectivity index (χ3v) is 2.51. The molecule has 0 bridgehead atoms. The van der Waals surface area contributed by atoms with Crippen LogP contribution in [-0.2, 0) is 11.2 Å². The topological polar surface area (TPSA) is 64.9 Å². The Kier molecular flexibility index (Phi) is 7.26. The molecule has 2 N–H and O–H groups in total. The van der Waals surface area contributed by atoms with E-state index in [0.717, 1.165) is 19.4 Å². The van der Waals surface area contributed by atoms with Gasteiger partial charge in [0.1, 0.15) is 0 Å². The minimum atomic E-state index is -0.0510. The molecular weight excluding hydrogens is 226 g/mol. The van der Waals surface area contributed by atoms with E-state index in [1.807, 2.05) is 24.3 Å². The van der Waals surface area contributed by atoms with Crippen LogP contribution in [-0.4, -0.2) is 25.5 Å². The highest BCUT2D eigenvalue weighted by molar-refractivity contribution is 5.77. The van der Waals surface area contributed by atoms with E-state index in [1.54, 1.807) is 0 Å². The Morgan fingerprint density at radius 1 is 1.22 bits per heavy atom. The molecule has 0 heterocycles. The maximum absolute atomic E-state index is 11.3. The second-order valence-corrected chi connectivity index (χ2v) is 4.02. The van der Waals surface area contributed by atoms with Gasteiger partial charge in [-0.3, -0.25) is 4.79 Å². The minimum Gasteiger partial charge on any atom is -0.354 e. The van der Waals surface area contributed by atoms with E-state index in [9.17, 15) is 4.79 Å². The molecule has 1 rings (SSSR count). The van der Waals surface area contributed by atoms with E-state index >= 15 is 0 Å². The first-order chi connectivity index (χ1) is 8.83. The van der Waals surface area contributed by atoms with Crippen LogP contribution < -0.4 is 10.6 Å². The molecule has 0 saturated carbocycles. The van der Waals surface area contributed by atoms with Crippen LogP contribution in [0.1, 0.15) is 18.4 Å². The van der Waals surface area contributed by atoms with Crippen molar-refractivity contribution in [3.05, 3.63) is 35.9 Å². The van der Waals surface area contributed by atoms with E-state index in [0.29, 0.717) is 19.5 Å². The monoisotopic (exact) mass is 245 g/mol. The van der Waals surface area contributed by atoms with Crippen LogP contribution in [0.2, 0.25) is 0 Å². The molecule has 0 radical (unpaired) electrons. The molecule has 1 aromatic carbocycles. The predicted octanol–water partition coefficient (Wildman–Crippen LogP) is 1.24. The molecule has 1 aromatic rings. The molecule has 18 heavy (non-hydrogen) atoms. The third kappa shape index (κ3) is 6.66. The van der Waals surface area contributed by atoms with Gasteiger partial charge in [0, 0.05) is 6.54 Å². The van der Waals surface area contributed by atoms with Crippen molar-refractivity contribution in [2.24, 2.45) is 0 Å². The fourth-order valence-corrected chi connectivity index (χ4v) is 1.58. The fraction of sp³-hybridized carbons (Fsp3) is 0.429. The lowest BCUT2D eigenvalue weighted by molar-refractivity contribution is -0.120. The molecule has 1 amide bonds. The van der Waals surface area contributed by atoms with Crippen molar-refractivity contribution in [2.75, 3.05) is 19.6 Å². The second kappa shape index (κ2) is 9.20. The van der Waals surface area contributed by atoms with Crippen LogP contribution >= 0.6 is 0 Å². The molecule has 0 aliphatic carbocycles. The summed E-state index contributed by atoms with van der Waals surface area (Å²) < 4.78 is 0. The summed E-state index contributed by atoms with van der Waals surface area (Å²) >= 11 is 0. The summed E-state index contributed by atoms with van der Waals surface area (Å²) in [6.07, 6.45) is 2.39. The van der Waals surface area contributed by atoms with E-state index < -0.39 is 0 Å². The molecule has 0 aliphatic rings. The summed E-state index contributed by atoms with van der Waals surface area (Å²) in [4.78, 5) is 11.3. The number of hydrogen-bond donors (Lipinski definition) is 2. The van der Waals surface area contributed by atoms with Gasteiger partial charge in [-0.15, -0.1) is 0 Å². The third-order valence-electron chi connectivity index (χ3n) is 2.51. The minimum absolute atomic E-state index is 0.0510. The number of nitrogens with one attached hydrogen (secondary N) is 2. The number of nitrogens with zero attached hydrogens (tertiary/aromatic N) is 1. The van der Waals surface area contributed by atoms with Crippen molar-refractivity contribution < 1.29 is 4.79 Å². The van der Waals surface area contributed by atoms with Crippen molar-refractivity contribution >= 4 is 5.91 Å². The number of benzene rings is 1. The van der Waals surface area contributed by atoms with Crippen LogP contribution in [0.5, 0.6) is 0 Å². The molecule has 0 saturated heterocycles. The smallest absolute Gasteiger partial charge is 0.233 e. The van der Waals surface area contributed by atoms with Crippen molar-refractivity contribution in [3.8, 4) is 6.07 Å². The number of nitriles is 1. The van der Waals surface area contributed by atoms with Gasteiger partial charge < -0.3 is 10.6 Å². The molecule has 0 aliphatic heterocycles. The van der Waals surface area contributed by atoms with E-state index in [1.165, 1.54) is 5.56 Å². The van der Waals surface area contributed by atoms with Crippen LogP contribution in [0.15, 0.2) is 30.3 Å². The van der Waals surface area contributed by atoms with Gasteiger partial charge >= 0.3 is 0 Å². The van der Waals surface area contributed by atoms with Gasteiger partial charge in [0.2, 0.25) is 5.91 Å². The van der Waals surface area contributed by atoms with Gasteiger partial charge in [-0.1, -0.05) is 30.3 Å². The normalized spacial score (nSPS) is 9.72. The van der Waals surface area contributed by atoms with Crippen LogP contribution in [0.25, 0.3) is 0 Å². The molecule has 0 unspecified atom stereocenters. The maximum atomic E-state index is 11.3. The zero-order valence-electron chi connectivity index (χ0n) is 10.5. The quantitative estimate of drug-likeness (QED) is 0.677. The first-order valence-corrected chi connectivity index (χ1v) is 6.21. The Morgan fingerprint density at radius 2 is 2.00 bits per heavy atom. The van der Waals surface area contributed by atoms with Gasteiger partial charge in [0.15, 0.2) is 0 Å². The number of carbonyl (C=O) groups excluding carboxylic acids is 1. The van der Waals surface area contributed by atoms with Gasteiger partial charge in [0.25, 0.3) is 0 Å². The Bertz CT molecular complexity index is 384. The maximum Gasteiger partial charge on any atom is 0.233 e. The first kappa shape index (κ1) is 14.2. The number of aryl methyl sites for hydroxylation is 1. The summed E-state index contributed by atoms with van der Waals surface area (Å²) in [5.41, 5.74) is 1.32. The number of hydrogen-bond acceptors (Lipinski definition) is 3. The zero-order valence-corrected chi connectivity index (χ0v) is 10.5. The second-order valence-electron chi connectivity index (χ2n) is 4.02. The Labute approximate surface area is 108 Å². The van der Waals surface area contributed by atoms with Crippen molar-refractivity contribution in [2.45, 2.75) is 19.3 Å². The lowest BCUT2D eigenvalue weighted by Crippen LogP contribution is -2.34. The average molecular weight is 245 g/mol. The van der Waals surface area contributed by atoms with Crippen molar-refractivity contribution in [3.63, 3.8) is 0 Å². The molecule has 96 valence electrons. The largest absolute Gasteiger partial charge is 0.354 e. The predicted molar refractivity (Wildman–Crippen MR) is 70.9 cm³/mol. The SMILES string of the molecule is N#CCCNC(=O)CNCCCc1ccccc1. The Hall–Kier alpha value is -1.86. The highest BCUT2D eigenvalue weighted by Gasteiger charge is 1.99. The van der Waals surface area contributed by atoms with Gasteiger partial charge in [-0.05, 0) is 24.9 Å². The summed E-state index contributed by atoms with van der Waals surface area (Å²) in [7, 11) is 0. The summed E-state index contributed by atoms with van der Waals surface area (Å²) in [6, 6.07) is 12.3. The first-order valence-electron chi connectivity index (χ1n) is 6.21. The highest BCUT2D eigenvalue weighted by atomic mass is 16.1. The fourth-order valence-electron chi connectivity index (χ4n) is 1.58. The van der Waals surface area contributed by atoms with Crippen LogP contribution in [0.3, 0.4) is 0 Å². The van der Waals surface area contributed by atoms with E-state index in [2.05, 4.69) is 22.8 Å². The Balaban J connectivity index is 1.99. The van der Waals surface area contributed by atoms with Gasteiger partial charge in [0.05, 0.1) is 19.0 Å². The lowest BCUT2D eigenvalue weighted by Gasteiger charge is -2.05. The lowest BCUT2D eigenvalue weighted by atomic mass is 10.1. The molecule has 0 spiro atoms. The highest BCUT2D eigenvalue weighted by Crippen LogP contribution is 2.01. The summed E-state index contributed by atoms with van der Waals surface area (Å²) in [5, 5.41) is 14.1. The van der Waals surface area contributed by atoms with Crippen LogP contribution in [0, 0.1) is 11.3 Å². The molecule has 0 aromatic heterocycles. The molecule has 0 atom stereocenters. The molecule has 4 heteroatoms. The number of carbonyl (C=O) groups is 1. The zero-order chi connectivity index (χ0) is 13.1. The van der Waals surface area contributed by atoms with Gasteiger partial charge in [-0.2, -0.15) is 5.26 Å². The van der Waals surface area contributed by atoms with E-state index in [-0.39, 0.29) is 5.91 Å². The summed E-state index contributed by atoms with van der Waals surface area (Å²) in [6.45, 7) is 1.57.